The smallest absolute Gasteiger partial charge is 0.125 e. The second kappa shape index (κ2) is 6.90. The van der Waals surface area contributed by atoms with Crippen molar-refractivity contribution in [1.29, 1.82) is 0 Å². The minimum atomic E-state index is 0.400. The largest absolute Gasteiger partial charge is 0.334 e. The first-order valence-corrected chi connectivity index (χ1v) is 6.96. The van der Waals surface area contributed by atoms with Crippen LogP contribution in [0.5, 0.6) is 0 Å². The van der Waals surface area contributed by atoms with E-state index in [2.05, 4.69) is 41.2 Å². The van der Waals surface area contributed by atoms with Crippen molar-refractivity contribution < 1.29 is 0 Å². The molecule has 0 aromatic carbocycles. The van der Waals surface area contributed by atoms with Gasteiger partial charge in [0.2, 0.25) is 0 Å². The average molecular weight is 227 g/mol. The van der Waals surface area contributed by atoms with Crippen molar-refractivity contribution in [3.05, 3.63) is 18.2 Å². The van der Waals surface area contributed by atoms with E-state index in [1.165, 1.54) is 11.6 Å². The molecule has 4 heteroatoms. The zero-order valence-corrected chi connectivity index (χ0v) is 10.7. The molecular formula is C11H21N3S. The Hall–Kier alpha value is -0.480. The van der Waals surface area contributed by atoms with Gasteiger partial charge in [0, 0.05) is 18.9 Å². The van der Waals surface area contributed by atoms with Crippen molar-refractivity contribution >= 4 is 11.8 Å². The molecule has 1 rings (SSSR count). The van der Waals surface area contributed by atoms with Gasteiger partial charge in [-0.15, -0.1) is 0 Å². The lowest BCUT2D eigenvalue weighted by molar-refractivity contribution is 0.489. The lowest BCUT2D eigenvalue weighted by Crippen LogP contribution is -2.24. The van der Waals surface area contributed by atoms with Gasteiger partial charge >= 0.3 is 0 Å². The third-order valence-corrected chi connectivity index (χ3v) is 3.11. The van der Waals surface area contributed by atoms with Crippen LogP contribution in [0.2, 0.25) is 0 Å². The van der Waals surface area contributed by atoms with Crippen LogP contribution < -0.4 is 5.32 Å². The molecule has 1 heterocycles. The van der Waals surface area contributed by atoms with Crippen LogP contribution in [0.4, 0.5) is 0 Å². The summed E-state index contributed by atoms with van der Waals surface area (Å²) < 4.78 is 2.22. The first-order chi connectivity index (χ1) is 7.33. The van der Waals surface area contributed by atoms with Gasteiger partial charge in [0.25, 0.3) is 0 Å². The SMILES string of the molecule is CCNC(CCSC)c1nccn1CC. The van der Waals surface area contributed by atoms with Gasteiger partial charge in [0.15, 0.2) is 0 Å². The van der Waals surface area contributed by atoms with E-state index in [1.807, 2.05) is 18.0 Å². The molecule has 0 aliphatic rings. The predicted octanol–water partition coefficient (Wildman–Crippen LogP) is 2.31. The molecule has 0 fully saturated rings. The quantitative estimate of drug-likeness (QED) is 0.775. The van der Waals surface area contributed by atoms with Crippen LogP contribution in [0.1, 0.15) is 32.1 Å². The van der Waals surface area contributed by atoms with Crippen molar-refractivity contribution in [2.24, 2.45) is 0 Å². The summed E-state index contributed by atoms with van der Waals surface area (Å²) in [5, 5.41) is 3.50. The number of imidazole rings is 1. The number of nitrogens with one attached hydrogen (secondary N) is 1. The van der Waals surface area contributed by atoms with E-state index in [0.29, 0.717) is 6.04 Å². The summed E-state index contributed by atoms with van der Waals surface area (Å²) in [6.45, 7) is 6.29. The summed E-state index contributed by atoms with van der Waals surface area (Å²) in [7, 11) is 0. The summed E-state index contributed by atoms with van der Waals surface area (Å²) in [6.07, 6.45) is 7.24. The number of aromatic nitrogens is 2. The maximum Gasteiger partial charge on any atom is 0.125 e. The van der Waals surface area contributed by atoms with Crippen LogP contribution in [-0.2, 0) is 6.54 Å². The fourth-order valence-corrected chi connectivity index (χ4v) is 2.17. The molecule has 0 aliphatic carbocycles. The molecule has 86 valence electrons. The predicted molar refractivity (Wildman–Crippen MR) is 67.3 cm³/mol. The molecule has 0 radical (unpaired) electrons. The Morgan fingerprint density at radius 2 is 2.33 bits per heavy atom. The van der Waals surface area contributed by atoms with E-state index in [0.717, 1.165) is 19.5 Å². The van der Waals surface area contributed by atoms with Crippen LogP contribution >= 0.6 is 11.8 Å². The molecular weight excluding hydrogens is 206 g/mol. The van der Waals surface area contributed by atoms with E-state index in [4.69, 9.17) is 0 Å². The van der Waals surface area contributed by atoms with Crippen molar-refractivity contribution in [2.45, 2.75) is 32.9 Å². The maximum absolute atomic E-state index is 4.45. The molecule has 1 atom stereocenters. The highest BCUT2D eigenvalue weighted by molar-refractivity contribution is 7.98. The Bertz CT molecular complexity index is 273. The fraction of sp³-hybridized carbons (Fsp3) is 0.727. The van der Waals surface area contributed by atoms with Gasteiger partial charge in [-0.1, -0.05) is 6.92 Å². The van der Waals surface area contributed by atoms with E-state index in [9.17, 15) is 0 Å². The van der Waals surface area contributed by atoms with Crippen LogP contribution in [0, 0.1) is 0 Å². The average Bonchev–Trinajstić information content (AvgIpc) is 2.72. The van der Waals surface area contributed by atoms with Crippen LogP contribution in [0.25, 0.3) is 0 Å². The summed E-state index contributed by atoms with van der Waals surface area (Å²) in [4.78, 5) is 4.45. The first-order valence-electron chi connectivity index (χ1n) is 5.56. The van der Waals surface area contributed by atoms with Crippen molar-refractivity contribution in [1.82, 2.24) is 14.9 Å². The van der Waals surface area contributed by atoms with E-state index in [-0.39, 0.29) is 0 Å². The lowest BCUT2D eigenvalue weighted by Gasteiger charge is -2.18. The molecule has 3 nitrogen and oxygen atoms in total. The Kier molecular flexibility index (Phi) is 5.79. The summed E-state index contributed by atoms with van der Waals surface area (Å²) in [5.74, 6) is 2.35. The highest BCUT2D eigenvalue weighted by Gasteiger charge is 2.14. The Balaban J connectivity index is 2.69. The van der Waals surface area contributed by atoms with Gasteiger partial charge in [0.05, 0.1) is 6.04 Å². The second-order valence-electron chi connectivity index (χ2n) is 3.46. The zero-order chi connectivity index (χ0) is 11.1. The molecule has 0 saturated heterocycles. The molecule has 1 unspecified atom stereocenters. The summed E-state index contributed by atoms with van der Waals surface area (Å²) in [6, 6.07) is 0.400. The van der Waals surface area contributed by atoms with Crippen molar-refractivity contribution in [3.8, 4) is 0 Å². The fourth-order valence-electron chi connectivity index (χ4n) is 1.70. The number of hydrogen-bond donors (Lipinski definition) is 1. The van der Waals surface area contributed by atoms with E-state index >= 15 is 0 Å². The number of thioether (sulfide) groups is 1. The highest BCUT2D eigenvalue weighted by atomic mass is 32.2. The first kappa shape index (κ1) is 12.6. The minimum absolute atomic E-state index is 0.400. The number of hydrogen-bond acceptors (Lipinski definition) is 3. The standard InChI is InChI=1S/C11H21N3S/c1-4-12-10(6-9-15-3)11-13-7-8-14(11)5-2/h7-8,10,12H,4-6,9H2,1-3H3. The van der Waals surface area contributed by atoms with Crippen LogP contribution in [0.15, 0.2) is 12.4 Å². The van der Waals surface area contributed by atoms with Crippen molar-refractivity contribution in [2.75, 3.05) is 18.6 Å². The van der Waals surface area contributed by atoms with Gasteiger partial charge < -0.3 is 9.88 Å². The molecule has 1 N–H and O–H groups in total. The van der Waals surface area contributed by atoms with Gasteiger partial charge in [-0.3, -0.25) is 0 Å². The summed E-state index contributed by atoms with van der Waals surface area (Å²) in [5.41, 5.74) is 0. The number of aryl methyl sites for hydroxylation is 1. The van der Waals surface area contributed by atoms with Crippen LogP contribution in [-0.4, -0.2) is 28.1 Å². The topological polar surface area (TPSA) is 29.9 Å². The van der Waals surface area contributed by atoms with E-state index in [1.54, 1.807) is 0 Å². The highest BCUT2D eigenvalue weighted by Crippen LogP contribution is 2.16. The molecule has 0 aliphatic heterocycles. The molecule has 0 saturated carbocycles. The van der Waals surface area contributed by atoms with Crippen LogP contribution in [0.3, 0.4) is 0 Å². The second-order valence-corrected chi connectivity index (χ2v) is 4.45. The number of rotatable bonds is 7. The third-order valence-electron chi connectivity index (χ3n) is 2.46. The van der Waals surface area contributed by atoms with Gasteiger partial charge in [0.1, 0.15) is 5.82 Å². The Labute approximate surface area is 96.7 Å². The zero-order valence-electron chi connectivity index (χ0n) is 9.86. The molecule has 0 bridgehead atoms. The third kappa shape index (κ3) is 3.54. The lowest BCUT2D eigenvalue weighted by atomic mass is 10.2. The Morgan fingerprint density at radius 3 is 2.93 bits per heavy atom. The van der Waals surface area contributed by atoms with Gasteiger partial charge in [-0.05, 0) is 31.9 Å². The van der Waals surface area contributed by atoms with Gasteiger partial charge in [-0.25, -0.2) is 4.98 Å². The normalized spacial score (nSPS) is 13.0. The molecule has 0 amide bonds. The van der Waals surface area contributed by atoms with E-state index < -0.39 is 0 Å². The van der Waals surface area contributed by atoms with Crippen molar-refractivity contribution in [3.63, 3.8) is 0 Å². The monoisotopic (exact) mass is 227 g/mol. The molecule has 1 aromatic rings. The molecule has 15 heavy (non-hydrogen) atoms. The Morgan fingerprint density at radius 1 is 1.53 bits per heavy atom. The van der Waals surface area contributed by atoms with Gasteiger partial charge in [-0.2, -0.15) is 11.8 Å². The maximum atomic E-state index is 4.45. The molecule has 1 aromatic heterocycles. The molecule has 0 spiro atoms. The minimum Gasteiger partial charge on any atom is -0.334 e. The summed E-state index contributed by atoms with van der Waals surface area (Å²) >= 11 is 1.89. The number of nitrogens with zero attached hydrogens (tertiary/aromatic N) is 2.